The maximum atomic E-state index is 14.5. The third-order valence-corrected chi connectivity index (χ3v) is 4.08. The van der Waals surface area contributed by atoms with E-state index in [1.165, 1.54) is 6.07 Å². The molecule has 0 radical (unpaired) electrons. The summed E-state index contributed by atoms with van der Waals surface area (Å²) in [7, 11) is 1.89. The molecule has 1 fully saturated rings. The Kier molecular flexibility index (Phi) is 3.03. The first kappa shape index (κ1) is 12.6. The third kappa shape index (κ3) is 1.93. The molecular formula is C14H17F2N3. The fourth-order valence-electron chi connectivity index (χ4n) is 3.06. The van der Waals surface area contributed by atoms with Crippen LogP contribution in [0.25, 0.3) is 10.9 Å². The number of H-pyrrole nitrogens is 1. The van der Waals surface area contributed by atoms with Crippen LogP contribution in [-0.4, -0.2) is 30.0 Å². The summed E-state index contributed by atoms with van der Waals surface area (Å²) >= 11 is 0. The zero-order valence-electron chi connectivity index (χ0n) is 10.8. The van der Waals surface area contributed by atoms with E-state index in [0.29, 0.717) is 29.8 Å². The molecule has 2 aromatic rings. The Morgan fingerprint density at radius 1 is 1.47 bits per heavy atom. The highest BCUT2D eigenvalue weighted by Crippen LogP contribution is 2.38. The lowest BCUT2D eigenvalue weighted by atomic mass is 9.98. The van der Waals surface area contributed by atoms with Crippen molar-refractivity contribution in [1.82, 2.24) is 9.88 Å². The molecule has 3 rings (SSSR count). The van der Waals surface area contributed by atoms with Crippen LogP contribution >= 0.6 is 0 Å². The number of nitrogens with one attached hydrogen (secondary N) is 1. The minimum Gasteiger partial charge on any atom is -0.359 e. The molecule has 19 heavy (non-hydrogen) atoms. The maximum absolute atomic E-state index is 14.5. The van der Waals surface area contributed by atoms with Crippen molar-refractivity contribution in [3.05, 3.63) is 35.5 Å². The average molecular weight is 265 g/mol. The first-order valence-electron chi connectivity index (χ1n) is 6.47. The number of hydrogen-bond donors (Lipinski definition) is 2. The van der Waals surface area contributed by atoms with Gasteiger partial charge in [-0.2, -0.15) is 0 Å². The van der Waals surface area contributed by atoms with Crippen molar-refractivity contribution in [3.8, 4) is 0 Å². The van der Waals surface area contributed by atoms with E-state index in [-0.39, 0.29) is 11.6 Å². The third-order valence-electron chi connectivity index (χ3n) is 4.08. The molecule has 5 heteroatoms. The molecule has 1 saturated heterocycles. The van der Waals surface area contributed by atoms with Crippen molar-refractivity contribution in [3.63, 3.8) is 0 Å². The number of hydrogen-bond acceptors (Lipinski definition) is 2. The average Bonchev–Trinajstić information content (AvgIpc) is 2.96. The molecule has 0 saturated carbocycles. The minimum atomic E-state index is -0.477. The Morgan fingerprint density at radius 3 is 2.95 bits per heavy atom. The van der Waals surface area contributed by atoms with Crippen molar-refractivity contribution < 1.29 is 8.78 Å². The van der Waals surface area contributed by atoms with Gasteiger partial charge in [0.05, 0.1) is 5.52 Å². The summed E-state index contributed by atoms with van der Waals surface area (Å²) in [4.78, 5) is 4.81. The number of nitrogens with zero attached hydrogens (tertiary/aromatic N) is 1. The predicted molar refractivity (Wildman–Crippen MR) is 70.7 cm³/mol. The van der Waals surface area contributed by atoms with Crippen LogP contribution in [0.3, 0.4) is 0 Å². The Labute approximate surface area is 110 Å². The predicted octanol–water partition coefficient (Wildman–Crippen LogP) is 2.40. The Bertz CT molecular complexity index is 608. The van der Waals surface area contributed by atoms with E-state index in [9.17, 15) is 8.78 Å². The molecule has 1 aliphatic rings. The van der Waals surface area contributed by atoms with Crippen LogP contribution in [-0.2, 0) is 0 Å². The van der Waals surface area contributed by atoms with Gasteiger partial charge in [-0.05, 0) is 38.1 Å². The van der Waals surface area contributed by atoms with Crippen molar-refractivity contribution in [2.75, 3.05) is 20.1 Å². The van der Waals surface area contributed by atoms with Crippen molar-refractivity contribution >= 4 is 10.9 Å². The highest BCUT2D eigenvalue weighted by molar-refractivity contribution is 5.81. The monoisotopic (exact) mass is 265 g/mol. The number of rotatable bonds is 2. The van der Waals surface area contributed by atoms with Gasteiger partial charge >= 0.3 is 0 Å². The van der Waals surface area contributed by atoms with Crippen LogP contribution in [0.15, 0.2) is 18.3 Å². The van der Waals surface area contributed by atoms with Gasteiger partial charge < -0.3 is 10.7 Å². The molecule has 0 amide bonds. The van der Waals surface area contributed by atoms with Gasteiger partial charge in [0, 0.05) is 29.7 Å². The summed E-state index contributed by atoms with van der Waals surface area (Å²) in [5.41, 5.74) is 6.20. The van der Waals surface area contributed by atoms with Gasteiger partial charge in [-0.3, -0.25) is 4.90 Å². The Balaban J connectivity index is 2.09. The smallest absolute Gasteiger partial charge is 0.154 e. The van der Waals surface area contributed by atoms with E-state index in [1.54, 1.807) is 12.3 Å². The van der Waals surface area contributed by atoms with Gasteiger partial charge in [-0.25, -0.2) is 8.78 Å². The zero-order chi connectivity index (χ0) is 13.6. The lowest BCUT2D eigenvalue weighted by molar-refractivity contribution is 0.299. The SMILES string of the molecule is CN1CC(CN)CC1c1c(F)cc2cc[nH]c2c1F. The summed E-state index contributed by atoms with van der Waals surface area (Å²) < 4.78 is 28.7. The fourth-order valence-corrected chi connectivity index (χ4v) is 3.06. The first-order valence-corrected chi connectivity index (χ1v) is 6.47. The molecule has 1 aromatic heterocycles. The molecule has 3 N–H and O–H groups in total. The number of nitrogens with two attached hydrogens (primary N) is 1. The van der Waals surface area contributed by atoms with Gasteiger partial charge in [0.1, 0.15) is 5.82 Å². The minimum absolute atomic E-state index is 0.161. The molecule has 1 aliphatic heterocycles. The van der Waals surface area contributed by atoms with Crippen LogP contribution in [0.2, 0.25) is 0 Å². The summed E-state index contributed by atoms with van der Waals surface area (Å²) in [6.45, 7) is 1.33. The number of fused-ring (bicyclic) bond motifs is 1. The van der Waals surface area contributed by atoms with Crippen molar-refractivity contribution in [2.24, 2.45) is 11.7 Å². The highest BCUT2D eigenvalue weighted by Gasteiger charge is 2.34. The summed E-state index contributed by atoms with van der Waals surface area (Å²) in [5.74, 6) is -0.651. The topological polar surface area (TPSA) is 45.0 Å². The van der Waals surface area contributed by atoms with Crippen LogP contribution < -0.4 is 5.73 Å². The molecule has 0 aliphatic carbocycles. The van der Waals surface area contributed by atoms with Crippen LogP contribution in [0.5, 0.6) is 0 Å². The van der Waals surface area contributed by atoms with E-state index < -0.39 is 11.6 Å². The Hall–Kier alpha value is -1.46. The van der Waals surface area contributed by atoms with E-state index in [0.717, 1.165) is 6.54 Å². The lowest BCUT2D eigenvalue weighted by Gasteiger charge is -2.21. The van der Waals surface area contributed by atoms with Gasteiger partial charge in [0.25, 0.3) is 0 Å². The van der Waals surface area contributed by atoms with Crippen molar-refractivity contribution in [2.45, 2.75) is 12.5 Å². The number of benzene rings is 1. The van der Waals surface area contributed by atoms with Gasteiger partial charge in [0.15, 0.2) is 5.82 Å². The molecular weight excluding hydrogens is 248 g/mol. The van der Waals surface area contributed by atoms with Gasteiger partial charge in [0.2, 0.25) is 0 Å². The zero-order valence-corrected chi connectivity index (χ0v) is 10.8. The normalized spacial score (nSPS) is 24.4. The standard InChI is InChI=1S/C14H17F2N3/c1-19-7-8(6-17)4-11(19)12-10(15)5-9-2-3-18-14(9)13(12)16/h2-3,5,8,11,18H,4,6-7,17H2,1H3. The second-order valence-electron chi connectivity index (χ2n) is 5.32. The molecule has 2 atom stereocenters. The molecule has 0 bridgehead atoms. The number of likely N-dealkylation sites (tertiary alicyclic amines) is 1. The number of aromatic nitrogens is 1. The van der Waals surface area contributed by atoms with E-state index in [2.05, 4.69) is 4.98 Å². The van der Waals surface area contributed by atoms with E-state index in [1.807, 2.05) is 11.9 Å². The molecule has 1 aromatic carbocycles. The maximum Gasteiger partial charge on any atom is 0.154 e. The number of halogens is 2. The molecule has 2 unspecified atom stereocenters. The quantitative estimate of drug-likeness (QED) is 0.875. The van der Waals surface area contributed by atoms with Crippen LogP contribution in [0, 0.1) is 17.6 Å². The molecule has 0 spiro atoms. The molecule has 2 heterocycles. The summed E-state index contributed by atoms with van der Waals surface area (Å²) in [6, 6.07) is 2.83. The molecule has 3 nitrogen and oxygen atoms in total. The lowest BCUT2D eigenvalue weighted by Crippen LogP contribution is -2.21. The summed E-state index contributed by atoms with van der Waals surface area (Å²) in [5, 5.41) is 0.565. The fraction of sp³-hybridized carbons (Fsp3) is 0.429. The molecule has 102 valence electrons. The highest BCUT2D eigenvalue weighted by atomic mass is 19.1. The second-order valence-corrected chi connectivity index (χ2v) is 5.32. The first-order chi connectivity index (χ1) is 9.11. The second kappa shape index (κ2) is 4.58. The van der Waals surface area contributed by atoms with E-state index in [4.69, 9.17) is 5.73 Å². The van der Waals surface area contributed by atoms with E-state index >= 15 is 0 Å². The Morgan fingerprint density at radius 2 is 2.26 bits per heavy atom. The van der Waals surface area contributed by atoms with Gasteiger partial charge in [-0.1, -0.05) is 0 Å². The van der Waals surface area contributed by atoms with Crippen LogP contribution in [0.4, 0.5) is 8.78 Å². The van der Waals surface area contributed by atoms with Gasteiger partial charge in [-0.15, -0.1) is 0 Å². The van der Waals surface area contributed by atoms with Crippen molar-refractivity contribution in [1.29, 1.82) is 0 Å². The summed E-state index contributed by atoms with van der Waals surface area (Å²) in [6.07, 6.45) is 2.32. The number of aromatic amines is 1. The largest absolute Gasteiger partial charge is 0.359 e. The van der Waals surface area contributed by atoms with Crippen LogP contribution in [0.1, 0.15) is 18.0 Å².